The van der Waals surface area contributed by atoms with Crippen LogP contribution in [0, 0.1) is 5.92 Å². The number of hydrogen-bond donors (Lipinski definition) is 2. The highest BCUT2D eigenvalue weighted by Crippen LogP contribution is 2.39. The maximum absolute atomic E-state index is 13.5. The number of ketones is 1. The molecule has 5 rings (SSSR count). The SMILES string of the molecule is CC(C)C(C(=O)CCc1cc(C2CC2)[nH]n1)c1cccc(-c2ccc(NC(=O)/C=C/CN3CCCC(F)C3)nc2)c1. The summed E-state index contributed by atoms with van der Waals surface area (Å²) in [5.41, 5.74) is 5.04. The number of likely N-dealkylation sites (tertiary alicyclic amines) is 1. The second-order valence-corrected chi connectivity index (χ2v) is 11.7. The smallest absolute Gasteiger partial charge is 0.249 e. The molecular weight excluding hydrogens is 517 g/mol. The van der Waals surface area contributed by atoms with E-state index in [1.807, 2.05) is 29.2 Å². The molecule has 2 aliphatic rings. The topological polar surface area (TPSA) is 91.0 Å². The van der Waals surface area contributed by atoms with Crippen molar-refractivity contribution in [3.63, 3.8) is 0 Å². The predicted molar refractivity (Wildman–Crippen MR) is 159 cm³/mol. The number of rotatable bonds is 12. The summed E-state index contributed by atoms with van der Waals surface area (Å²) < 4.78 is 13.5. The lowest BCUT2D eigenvalue weighted by atomic mass is 9.82. The van der Waals surface area contributed by atoms with Crippen LogP contribution in [0.3, 0.4) is 0 Å². The largest absolute Gasteiger partial charge is 0.307 e. The van der Waals surface area contributed by atoms with E-state index in [0.29, 0.717) is 44.1 Å². The molecule has 3 heterocycles. The summed E-state index contributed by atoms with van der Waals surface area (Å²) in [5, 5.41) is 10.3. The van der Waals surface area contributed by atoms with Gasteiger partial charge >= 0.3 is 0 Å². The number of aryl methyl sites for hydroxylation is 1. The molecule has 8 heteroatoms. The average molecular weight is 558 g/mol. The number of carbonyl (C=O) groups excluding carboxylic acids is 2. The number of hydrogen-bond acceptors (Lipinski definition) is 5. The normalized spacial score (nSPS) is 18.6. The molecule has 1 amide bonds. The summed E-state index contributed by atoms with van der Waals surface area (Å²) in [4.78, 5) is 32.1. The number of alkyl halides is 1. The zero-order chi connectivity index (χ0) is 28.8. The van der Waals surface area contributed by atoms with Crippen molar-refractivity contribution in [3.05, 3.63) is 77.8 Å². The molecule has 0 bridgehead atoms. The Morgan fingerprint density at radius 1 is 1.15 bits per heavy atom. The number of nitrogens with one attached hydrogen (secondary N) is 2. The van der Waals surface area contributed by atoms with Crippen LogP contribution in [0.15, 0.2) is 60.8 Å². The van der Waals surface area contributed by atoms with E-state index in [1.54, 1.807) is 18.3 Å². The molecule has 2 N–H and O–H groups in total. The van der Waals surface area contributed by atoms with E-state index >= 15 is 0 Å². The van der Waals surface area contributed by atoms with Gasteiger partial charge in [0.1, 0.15) is 17.8 Å². The Kier molecular flexibility index (Phi) is 9.39. The van der Waals surface area contributed by atoms with Gasteiger partial charge in [0, 0.05) is 54.9 Å². The molecule has 7 nitrogen and oxygen atoms in total. The van der Waals surface area contributed by atoms with Gasteiger partial charge in [-0.25, -0.2) is 9.37 Å². The van der Waals surface area contributed by atoms with Gasteiger partial charge in [0.25, 0.3) is 0 Å². The number of carbonyl (C=O) groups is 2. The van der Waals surface area contributed by atoms with Gasteiger partial charge in [-0.05, 0) is 73.9 Å². The Morgan fingerprint density at radius 3 is 2.73 bits per heavy atom. The van der Waals surface area contributed by atoms with E-state index < -0.39 is 6.17 Å². The van der Waals surface area contributed by atoms with Crippen LogP contribution in [0.1, 0.15) is 74.7 Å². The zero-order valence-corrected chi connectivity index (χ0v) is 24.0. The van der Waals surface area contributed by atoms with Crippen LogP contribution >= 0.6 is 0 Å². The summed E-state index contributed by atoms with van der Waals surface area (Å²) >= 11 is 0. The first kappa shape index (κ1) is 28.9. The first-order valence-corrected chi connectivity index (χ1v) is 14.8. The van der Waals surface area contributed by atoms with Crippen LogP contribution in [-0.2, 0) is 16.0 Å². The molecule has 1 aliphatic heterocycles. The zero-order valence-electron chi connectivity index (χ0n) is 24.0. The van der Waals surface area contributed by atoms with Crippen LogP contribution < -0.4 is 5.32 Å². The second-order valence-electron chi connectivity index (χ2n) is 11.7. The van der Waals surface area contributed by atoms with Crippen molar-refractivity contribution in [1.82, 2.24) is 20.1 Å². The number of aromatic amines is 1. The summed E-state index contributed by atoms with van der Waals surface area (Å²) in [6.07, 6.45) is 9.21. The Bertz CT molecular complexity index is 1360. The molecule has 2 unspecified atom stereocenters. The number of H-pyrrole nitrogens is 1. The minimum Gasteiger partial charge on any atom is -0.307 e. The third-order valence-corrected chi connectivity index (χ3v) is 7.98. The highest BCUT2D eigenvalue weighted by molar-refractivity contribution is 5.98. The molecule has 1 saturated carbocycles. The van der Waals surface area contributed by atoms with Crippen molar-refractivity contribution in [3.8, 4) is 11.1 Å². The van der Waals surface area contributed by atoms with Crippen LogP contribution in [0.4, 0.5) is 10.2 Å². The fourth-order valence-electron chi connectivity index (χ4n) is 5.65. The second kappa shape index (κ2) is 13.3. The summed E-state index contributed by atoms with van der Waals surface area (Å²) in [6, 6.07) is 13.9. The maximum atomic E-state index is 13.5. The maximum Gasteiger partial charge on any atom is 0.249 e. The monoisotopic (exact) mass is 557 g/mol. The van der Waals surface area contributed by atoms with E-state index in [2.05, 4.69) is 46.5 Å². The number of aromatic nitrogens is 3. The average Bonchev–Trinajstić information content (AvgIpc) is 3.70. The van der Waals surface area contributed by atoms with E-state index in [0.717, 1.165) is 35.3 Å². The number of benzene rings is 1. The molecule has 41 heavy (non-hydrogen) atoms. The molecule has 1 aliphatic carbocycles. The third kappa shape index (κ3) is 7.97. The molecule has 0 spiro atoms. The van der Waals surface area contributed by atoms with E-state index in [4.69, 9.17) is 0 Å². The van der Waals surface area contributed by atoms with Gasteiger partial charge in [-0.2, -0.15) is 5.10 Å². The van der Waals surface area contributed by atoms with Gasteiger partial charge in [-0.15, -0.1) is 0 Å². The molecule has 2 atom stereocenters. The third-order valence-electron chi connectivity index (χ3n) is 7.98. The highest BCUT2D eigenvalue weighted by atomic mass is 19.1. The molecule has 2 aromatic heterocycles. The highest BCUT2D eigenvalue weighted by Gasteiger charge is 2.27. The molecule has 3 aromatic rings. The number of amides is 1. The van der Waals surface area contributed by atoms with Crippen molar-refractivity contribution in [2.45, 2.75) is 70.4 Å². The minimum absolute atomic E-state index is 0.163. The van der Waals surface area contributed by atoms with Gasteiger partial charge in [-0.1, -0.05) is 44.2 Å². The summed E-state index contributed by atoms with van der Waals surface area (Å²) in [7, 11) is 0. The lowest BCUT2D eigenvalue weighted by Gasteiger charge is -2.27. The summed E-state index contributed by atoms with van der Waals surface area (Å²) in [6.45, 7) is 6.02. The number of anilines is 1. The fraction of sp³-hybridized carbons (Fsp3) is 0.455. The Balaban J connectivity index is 1.17. The number of piperidine rings is 1. The molecule has 2 fully saturated rings. The molecule has 1 aromatic carbocycles. The molecule has 1 saturated heterocycles. The van der Waals surface area contributed by atoms with Gasteiger partial charge < -0.3 is 5.32 Å². The van der Waals surface area contributed by atoms with E-state index in [9.17, 15) is 14.0 Å². The Labute approximate surface area is 241 Å². The van der Waals surface area contributed by atoms with E-state index in [1.165, 1.54) is 24.6 Å². The number of pyridine rings is 1. The van der Waals surface area contributed by atoms with Gasteiger partial charge in [-0.3, -0.25) is 19.6 Å². The summed E-state index contributed by atoms with van der Waals surface area (Å²) in [5.74, 6) is 1.00. The standard InChI is InChI=1S/C33H40FN5O2/c1-22(2)33(30(40)14-13-28-19-29(38-37-28)23-10-11-23)25-7-3-6-24(18-25)26-12-15-31(35-20-26)36-32(41)9-5-17-39-16-4-8-27(34)21-39/h3,5-7,9,12,15,18-20,22-23,27,33H,4,8,10-11,13-14,16-17,21H2,1-2H3,(H,37,38)(H,35,36,41)/b9-5+. The van der Waals surface area contributed by atoms with E-state index in [-0.39, 0.29) is 23.5 Å². The molecular formula is C33H40FN5O2. The van der Waals surface area contributed by atoms with Gasteiger partial charge in [0.2, 0.25) is 5.91 Å². The lowest BCUT2D eigenvalue weighted by molar-refractivity contribution is -0.121. The quantitative estimate of drug-likeness (QED) is 0.258. The first-order valence-electron chi connectivity index (χ1n) is 14.8. The molecule has 216 valence electrons. The minimum atomic E-state index is -0.779. The van der Waals surface area contributed by atoms with Crippen molar-refractivity contribution in [1.29, 1.82) is 0 Å². The van der Waals surface area contributed by atoms with Gasteiger partial charge in [0.15, 0.2) is 0 Å². The number of halogens is 1. The first-order chi connectivity index (χ1) is 19.9. The molecule has 0 radical (unpaired) electrons. The number of Topliss-reactive ketones (excluding diaryl/α,β-unsaturated/α-hetero) is 1. The fourth-order valence-corrected chi connectivity index (χ4v) is 5.65. The number of nitrogens with zero attached hydrogens (tertiary/aromatic N) is 3. The van der Waals surface area contributed by atoms with Crippen LogP contribution in [0.5, 0.6) is 0 Å². The van der Waals surface area contributed by atoms with Crippen molar-refractivity contribution < 1.29 is 14.0 Å². The van der Waals surface area contributed by atoms with Crippen LogP contribution in [0.2, 0.25) is 0 Å². The van der Waals surface area contributed by atoms with Crippen LogP contribution in [-0.4, -0.2) is 57.6 Å². The Morgan fingerprint density at radius 2 is 2.00 bits per heavy atom. The lowest BCUT2D eigenvalue weighted by Crippen LogP contribution is -2.36. The van der Waals surface area contributed by atoms with Crippen molar-refractivity contribution in [2.75, 3.05) is 25.0 Å². The predicted octanol–water partition coefficient (Wildman–Crippen LogP) is 6.22. The van der Waals surface area contributed by atoms with Crippen molar-refractivity contribution >= 4 is 17.5 Å². The van der Waals surface area contributed by atoms with Crippen molar-refractivity contribution in [2.24, 2.45) is 5.92 Å². The van der Waals surface area contributed by atoms with Gasteiger partial charge in [0.05, 0.1) is 5.69 Å². The Hall–Kier alpha value is -3.65. The van der Waals surface area contributed by atoms with Crippen LogP contribution in [0.25, 0.3) is 11.1 Å².